The average molecular weight is 246 g/mol. The van der Waals surface area contributed by atoms with E-state index in [1.165, 1.54) is 5.57 Å². The van der Waals surface area contributed by atoms with Crippen LogP contribution in [-0.2, 0) is 9.59 Å². The molecule has 98 valence electrons. The number of hydrogen-bond acceptors (Lipinski definition) is 2. The average Bonchev–Trinajstić information content (AvgIpc) is 2.38. The lowest BCUT2D eigenvalue weighted by Gasteiger charge is -2.42. The molecule has 0 bridgehead atoms. The highest BCUT2D eigenvalue weighted by molar-refractivity contribution is 6.01. The molecular formula is C16H22O2. The van der Waals surface area contributed by atoms with Crippen molar-refractivity contribution in [1.82, 2.24) is 0 Å². The molecule has 0 heterocycles. The molecule has 1 fully saturated rings. The van der Waals surface area contributed by atoms with Gasteiger partial charge in [0.1, 0.15) is 5.78 Å². The third-order valence-electron chi connectivity index (χ3n) is 4.62. The molecule has 0 saturated heterocycles. The van der Waals surface area contributed by atoms with Crippen LogP contribution >= 0.6 is 0 Å². The first kappa shape index (κ1) is 13.3. The van der Waals surface area contributed by atoms with Gasteiger partial charge in [-0.05, 0) is 49.7 Å². The Labute approximate surface area is 109 Å². The van der Waals surface area contributed by atoms with Crippen LogP contribution in [0.2, 0.25) is 0 Å². The normalized spacial score (nSPS) is 28.3. The predicted octanol–water partition coefficient (Wildman–Crippen LogP) is 3.76. The van der Waals surface area contributed by atoms with Gasteiger partial charge in [0.05, 0.1) is 5.41 Å². The molecule has 2 heteroatoms. The second-order valence-electron chi connectivity index (χ2n) is 5.42. The number of carbonyl (C=O) groups excluding carboxylic acids is 2. The van der Waals surface area contributed by atoms with Crippen molar-refractivity contribution in [3.05, 3.63) is 23.8 Å². The van der Waals surface area contributed by atoms with Crippen molar-refractivity contribution in [1.29, 1.82) is 0 Å². The minimum absolute atomic E-state index is 0.269. The Kier molecular flexibility index (Phi) is 3.84. The molecule has 0 aromatic carbocycles. The highest BCUT2D eigenvalue weighted by Crippen LogP contribution is 2.49. The Morgan fingerprint density at radius 2 is 2.06 bits per heavy atom. The summed E-state index contributed by atoms with van der Waals surface area (Å²) in [5.74, 6) is 0.639. The van der Waals surface area contributed by atoms with Gasteiger partial charge >= 0.3 is 0 Å². The summed E-state index contributed by atoms with van der Waals surface area (Å²) in [5, 5.41) is 0. The molecule has 0 radical (unpaired) electrons. The minimum Gasteiger partial charge on any atom is -0.299 e. The van der Waals surface area contributed by atoms with Gasteiger partial charge in [-0.3, -0.25) is 9.59 Å². The molecule has 0 N–H and O–H groups in total. The van der Waals surface area contributed by atoms with Gasteiger partial charge in [0.15, 0.2) is 5.78 Å². The van der Waals surface area contributed by atoms with Gasteiger partial charge in [-0.1, -0.05) is 13.0 Å². The largest absolute Gasteiger partial charge is 0.299 e. The zero-order chi connectivity index (χ0) is 13.2. The maximum Gasteiger partial charge on any atom is 0.158 e. The quantitative estimate of drug-likeness (QED) is 0.708. The smallest absolute Gasteiger partial charge is 0.158 e. The van der Waals surface area contributed by atoms with Crippen LogP contribution in [0.5, 0.6) is 0 Å². The molecular weight excluding hydrogens is 224 g/mol. The lowest BCUT2D eigenvalue weighted by Crippen LogP contribution is -2.40. The molecule has 0 amide bonds. The number of allylic oxidation sites excluding steroid dienone is 3. The van der Waals surface area contributed by atoms with E-state index in [1.807, 2.05) is 6.08 Å². The number of hydrogen-bond donors (Lipinski definition) is 0. The molecule has 1 atom stereocenters. The number of Topliss-reactive ketones (excluding diaryl/α,β-unsaturated/α-hetero) is 2. The summed E-state index contributed by atoms with van der Waals surface area (Å²) < 4.78 is 0. The first-order valence-corrected chi connectivity index (χ1v) is 7.05. The van der Waals surface area contributed by atoms with Crippen LogP contribution in [-0.4, -0.2) is 11.6 Å². The van der Waals surface area contributed by atoms with Gasteiger partial charge in [0.2, 0.25) is 0 Å². The van der Waals surface area contributed by atoms with Crippen molar-refractivity contribution in [2.24, 2.45) is 5.41 Å². The number of fused-ring (bicyclic) bond motifs is 1. The van der Waals surface area contributed by atoms with Gasteiger partial charge in [-0.25, -0.2) is 0 Å². The van der Waals surface area contributed by atoms with E-state index in [1.54, 1.807) is 0 Å². The molecule has 1 saturated carbocycles. The van der Waals surface area contributed by atoms with Crippen LogP contribution in [0.4, 0.5) is 0 Å². The van der Waals surface area contributed by atoms with Crippen molar-refractivity contribution in [3.8, 4) is 0 Å². The number of rotatable bonds is 4. The zero-order valence-corrected chi connectivity index (χ0v) is 11.3. The molecule has 2 nitrogen and oxygen atoms in total. The second-order valence-corrected chi connectivity index (χ2v) is 5.42. The Balaban J connectivity index is 2.45. The van der Waals surface area contributed by atoms with E-state index in [2.05, 4.69) is 13.5 Å². The standard InChI is InChI=1S/C16H22O2/c1-3-5-7-12-13-8-6-9-15(18)16(13,4-2)11-10-14(12)17/h3H,1,4-11H2,2H3/t16-/m0/s1. The highest BCUT2D eigenvalue weighted by atomic mass is 16.1. The SMILES string of the molecule is C=CCCC1=C2CCCC(=O)[C@@]2(CC)CCC1=O. The summed E-state index contributed by atoms with van der Waals surface area (Å²) >= 11 is 0. The van der Waals surface area contributed by atoms with Gasteiger partial charge in [0.25, 0.3) is 0 Å². The molecule has 2 aliphatic carbocycles. The maximum atomic E-state index is 12.3. The topological polar surface area (TPSA) is 34.1 Å². The third kappa shape index (κ3) is 1.98. The second kappa shape index (κ2) is 5.21. The molecule has 0 spiro atoms. The summed E-state index contributed by atoms with van der Waals surface area (Å²) in [7, 11) is 0. The van der Waals surface area contributed by atoms with Crippen LogP contribution in [0, 0.1) is 5.41 Å². The Morgan fingerprint density at radius 3 is 2.72 bits per heavy atom. The van der Waals surface area contributed by atoms with E-state index in [-0.39, 0.29) is 11.2 Å². The molecule has 0 unspecified atom stereocenters. The van der Waals surface area contributed by atoms with Gasteiger partial charge in [0, 0.05) is 12.8 Å². The van der Waals surface area contributed by atoms with Gasteiger partial charge < -0.3 is 0 Å². The molecule has 0 aromatic heterocycles. The molecule has 0 aliphatic heterocycles. The van der Waals surface area contributed by atoms with Crippen LogP contribution in [0.15, 0.2) is 23.8 Å². The number of ketones is 2. The van der Waals surface area contributed by atoms with Gasteiger partial charge in [-0.2, -0.15) is 0 Å². The number of carbonyl (C=O) groups is 2. The van der Waals surface area contributed by atoms with E-state index in [0.29, 0.717) is 18.6 Å². The first-order valence-electron chi connectivity index (χ1n) is 7.05. The van der Waals surface area contributed by atoms with E-state index in [0.717, 1.165) is 44.1 Å². The van der Waals surface area contributed by atoms with Gasteiger partial charge in [-0.15, -0.1) is 6.58 Å². The van der Waals surface area contributed by atoms with Crippen molar-refractivity contribution in [3.63, 3.8) is 0 Å². The highest BCUT2D eigenvalue weighted by Gasteiger charge is 2.46. The van der Waals surface area contributed by atoms with Crippen LogP contribution < -0.4 is 0 Å². The third-order valence-corrected chi connectivity index (χ3v) is 4.62. The minimum atomic E-state index is -0.289. The van der Waals surface area contributed by atoms with Crippen molar-refractivity contribution < 1.29 is 9.59 Å². The fraction of sp³-hybridized carbons (Fsp3) is 0.625. The fourth-order valence-corrected chi connectivity index (χ4v) is 3.57. The predicted molar refractivity (Wildman–Crippen MR) is 72.3 cm³/mol. The van der Waals surface area contributed by atoms with Crippen molar-refractivity contribution >= 4 is 11.6 Å². The summed E-state index contributed by atoms with van der Waals surface area (Å²) in [5.41, 5.74) is 1.85. The Hall–Kier alpha value is -1.18. The van der Waals surface area contributed by atoms with E-state index < -0.39 is 0 Å². The zero-order valence-electron chi connectivity index (χ0n) is 11.3. The molecule has 18 heavy (non-hydrogen) atoms. The van der Waals surface area contributed by atoms with Crippen molar-refractivity contribution in [2.45, 2.75) is 58.3 Å². The Bertz CT molecular complexity index is 417. The van der Waals surface area contributed by atoms with Crippen LogP contribution in [0.3, 0.4) is 0 Å². The molecule has 2 aliphatic rings. The lowest BCUT2D eigenvalue weighted by molar-refractivity contribution is -0.130. The summed E-state index contributed by atoms with van der Waals surface area (Å²) in [4.78, 5) is 24.5. The van der Waals surface area contributed by atoms with Crippen LogP contribution in [0.1, 0.15) is 58.3 Å². The van der Waals surface area contributed by atoms with Crippen LogP contribution in [0.25, 0.3) is 0 Å². The summed E-state index contributed by atoms with van der Waals surface area (Å²) in [6.45, 7) is 5.81. The maximum absolute atomic E-state index is 12.3. The first-order chi connectivity index (χ1) is 8.65. The van der Waals surface area contributed by atoms with E-state index >= 15 is 0 Å². The van der Waals surface area contributed by atoms with E-state index in [9.17, 15) is 9.59 Å². The Morgan fingerprint density at radius 1 is 1.28 bits per heavy atom. The summed E-state index contributed by atoms with van der Waals surface area (Å²) in [6.07, 6.45) is 8.16. The van der Waals surface area contributed by atoms with Crippen molar-refractivity contribution in [2.75, 3.05) is 0 Å². The fourth-order valence-electron chi connectivity index (χ4n) is 3.57. The lowest BCUT2D eigenvalue weighted by atomic mass is 9.60. The van der Waals surface area contributed by atoms with E-state index in [4.69, 9.17) is 0 Å². The summed E-state index contributed by atoms with van der Waals surface area (Å²) in [6, 6.07) is 0. The monoisotopic (exact) mass is 246 g/mol. The molecule has 2 rings (SSSR count). The molecule has 0 aromatic rings.